The normalized spacial score (nSPS) is 13.8. The van der Waals surface area contributed by atoms with E-state index in [1.807, 2.05) is 0 Å². The molecule has 0 saturated carbocycles. The van der Waals surface area contributed by atoms with E-state index < -0.39 is 30.6 Å². The highest BCUT2D eigenvalue weighted by atomic mass is 16.4. The molecule has 1 unspecified atom stereocenters. The van der Waals surface area contributed by atoms with E-state index in [-0.39, 0.29) is 0 Å². The van der Waals surface area contributed by atoms with E-state index in [0.29, 0.717) is 5.56 Å². The van der Waals surface area contributed by atoms with Crippen molar-refractivity contribution in [2.24, 2.45) is 5.73 Å². The quantitative estimate of drug-likeness (QED) is 0.539. The third-order valence-corrected chi connectivity index (χ3v) is 2.24. The van der Waals surface area contributed by atoms with E-state index in [9.17, 15) is 9.59 Å². The number of nitrogens with one attached hydrogen (secondary N) is 1. The fourth-order valence-corrected chi connectivity index (χ4v) is 1.26. The lowest BCUT2D eigenvalue weighted by atomic mass is 10.1. The molecule has 1 amide bonds. The molecule has 1 aromatic rings. The SMILES string of the molecule is NC(C(=O)N[C@H](CO)C(=O)O)c1ccccc1. The molecule has 17 heavy (non-hydrogen) atoms. The van der Waals surface area contributed by atoms with Crippen molar-refractivity contribution in [2.45, 2.75) is 12.1 Å². The minimum absolute atomic E-state index is 0.576. The number of nitrogens with two attached hydrogens (primary N) is 1. The third-order valence-electron chi connectivity index (χ3n) is 2.24. The average molecular weight is 238 g/mol. The van der Waals surface area contributed by atoms with Gasteiger partial charge in [0.25, 0.3) is 0 Å². The summed E-state index contributed by atoms with van der Waals surface area (Å²) in [5, 5.41) is 19.6. The minimum Gasteiger partial charge on any atom is -0.480 e. The van der Waals surface area contributed by atoms with Crippen LogP contribution in [0, 0.1) is 0 Å². The molecule has 1 aromatic carbocycles. The number of aliphatic hydroxyl groups excluding tert-OH is 1. The summed E-state index contributed by atoms with van der Waals surface area (Å²) in [6.45, 7) is -0.678. The first-order chi connectivity index (χ1) is 8.06. The molecule has 0 aliphatic carbocycles. The molecule has 2 atom stereocenters. The van der Waals surface area contributed by atoms with Crippen LogP contribution in [0.15, 0.2) is 30.3 Å². The molecular weight excluding hydrogens is 224 g/mol. The Hall–Kier alpha value is -1.92. The highest BCUT2D eigenvalue weighted by Crippen LogP contribution is 2.09. The molecule has 0 aliphatic rings. The highest BCUT2D eigenvalue weighted by molar-refractivity contribution is 5.87. The molecule has 0 radical (unpaired) electrons. The maximum Gasteiger partial charge on any atom is 0.328 e. The molecule has 1 rings (SSSR count). The van der Waals surface area contributed by atoms with Crippen molar-refractivity contribution in [3.63, 3.8) is 0 Å². The number of carbonyl (C=O) groups is 2. The van der Waals surface area contributed by atoms with Gasteiger partial charge in [0.15, 0.2) is 0 Å². The first-order valence-corrected chi connectivity index (χ1v) is 5.01. The van der Waals surface area contributed by atoms with Gasteiger partial charge in [-0.25, -0.2) is 4.79 Å². The van der Waals surface area contributed by atoms with E-state index in [4.69, 9.17) is 15.9 Å². The number of hydrogen-bond acceptors (Lipinski definition) is 4. The van der Waals surface area contributed by atoms with Crippen molar-refractivity contribution >= 4 is 11.9 Å². The van der Waals surface area contributed by atoms with Gasteiger partial charge in [-0.2, -0.15) is 0 Å². The summed E-state index contributed by atoms with van der Waals surface area (Å²) < 4.78 is 0. The van der Waals surface area contributed by atoms with Crippen LogP contribution in [0.5, 0.6) is 0 Å². The Balaban J connectivity index is 2.68. The van der Waals surface area contributed by atoms with Crippen molar-refractivity contribution in [2.75, 3.05) is 6.61 Å². The topological polar surface area (TPSA) is 113 Å². The lowest BCUT2D eigenvalue weighted by molar-refractivity contribution is -0.143. The van der Waals surface area contributed by atoms with Crippen LogP contribution in [-0.4, -0.2) is 34.7 Å². The van der Waals surface area contributed by atoms with Gasteiger partial charge in [-0.05, 0) is 5.56 Å². The second-order valence-corrected chi connectivity index (χ2v) is 3.47. The fraction of sp³-hybridized carbons (Fsp3) is 0.273. The zero-order valence-corrected chi connectivity index (χ0v) is 9.04. The number of benzene rings is 1. The first kappa shape index (κ1) is 13.1. The van der Waals surface area contributed by atoms with Crippen LogP contribution in [-0.2, 0) is 9.59 Å². The molecule has 92 valence electrons. The highest BCUT2D eigenvalue weighted by Gasteiger charge is 2.23. The van der Waals surface area contributed by atoms with Crippen LogP contribution in [0.25, 0.3) is 0 Å². The Bertz CT molecular complexity index is 394. The Morgan fingerprint density at radius 3 is 2.35 bits per heavy atom. The number of aliphatic carboxylic acids is 1. The van der Waals surface area contributed by atoms with Crippen molar-refractivity contribution in [1.82, 2.24) is 5.32 Å². The van der Waals surface area contributed by atoms with E-state index in [1.165, 1.54) is 0 Å². The van der Waals surface area contributed by atoms with Gasteiger partial charge in [-0.15, -0.1) is 0 Å². The minimum atomic E-state index is -1.34. The van der Waals surface area contributed by atoms with Crippen LogP contribution < -0.4 is 11.1 Å². The summed E-state index contributed by atoms with van der Waals surface area (Å²) >= 11 is 0. The Labute approximate surface area is 98.1 Å². The predicted molar refractivity (Wildman–Crippen MR) is 60.0 cm³/mol. The van der Waals surface area contributed by atoms with E-state index >= 15 is 0 Å². The van der Waals surface area contributed by atoms with Crippen LogP contribution in [0.3, 0.4) is 0 Å². The van der Waals surface area contributed by atoms with Gasteiger partial charge in [0, 0.05) is 0 Å². The number of rotatable bonds is 5. The smallest absolute Gasteiger partial charge is 0.328 e. The second kappa shape index (κ2) is 5.97. The molecule has 0 fully saturated rings. The fourth-order valence-electron chi connectivity index (χ4n) is 1.26. The predicted octanol–water partition coefficient (Wildman–Crippen LogP) is -0.752. The number of carboxylic acids is 1. The van der Waals surface area contributed by atoms with Gasteiger partial charge >= 0.3 is 5.97 Å². The summed E-state index contributed by atoms with van der Waals surface area (Å²) in [7, 11) is 0. The standard InChI is InChI=1S/C11H14N2O4/c12-9(7-4-2-1-3-5-7)10(15)13-8(6-14)11(16)17/h1-5,8-9,14H,6,12H2,(H,13,15)(H,16,17)/t8-,9?/m1/s1. The average Bonchev–Trinajstić information content (AvgIpc) is 2.35. The summed E-state index contributed by atoms with van der Waals surface area (Å²) in [6.07, 6.45) is 0. The van der Waals surface area contributed by atoms with Gasteiger partial charge in [0.1, 0.15) is 12.1 Å². The number of hydrogen-bond donors (Lipinski definition) is 4. The Morgan fingerprint density at radius 2 is 1.88 bits per heavy atom. The molecule has 0 heterocycles. The van der Waals surface area contributed by atoms with Crippen LogP contribution in [0.4, 0.5) is 0 Å². The maximum atomic E-state index is 11.6. The summed E-state index contributed by atoms with van der Waals surface area (Å²) in [6, 6.07) is 6.27. The lowest BCUT2D eigenvalue weighted by Crippen LogP contribution is -2.46. The van der Waals surface area contributed by atoms with Crippen molar-refractivity contribution < 1.29 is 19.8 Å². The zero-order chi connectivity index (χ0) is 12.8. The molecular formula is C11H14N2O4. The van der Waals surface area contributed by atoms with Crippen molar-refractivity contribution in [3.8, 4) is 0 Å². The summed E-state index contributed by atoms with van der Waals surface area (Å²) in [4.78, 5) is 22.2. The molecule has 0 bridgehead atoms. The largest absolute Gasteiger partial charge is 0.480 e. The molecule has 5 N–H and O–H groups in total. The maximum absolute atomic E-state index is 11.6. The molecule has 0 aromatic heterocycles. The van der Waals surface area contributed by atoms with Crippen LogP contribution >= 0.6 is 0 Å². The molecule has 0 aliphatic heterocycles. The first-order valence-electron chi connectivity index (χ1n) is 5.01. The Morgan fingerprint density at radius 1 is 1.29 bits per heavy atom. The summed E-state index contributed by atoms with van der Waals surface area (Å²) in [5.41, 5.74) is 6.23. The monoisotopic (exact) mass is 238 g/mol. The van der Waals surface area contributed by atoms with E-state index in [0.717, 1.165) is 0 Å². The zero-order valence-electron chi connectivity index (χ0n) is 9.04. The van der Waals surface area contributed by atoms with Crippen molar-refractivity contribution in [1.29, 1.82) is 0 Å². The summed E-state index contributed by atoms with van der Waals surface area (Å²) in [5.74, 6) is -1.95. The Kier molecular flexibility index (Phi) is 4.62. The number of carbonyl (C=O) groups excluding carboxylic acids is 1. The number of carboxylic acid groups (broad SMARTS) is 1. The lowest BCUT2D eigenvalue weighted by Gasteiger charge is -2.16. The van der Waals surface area contributed by atoms with Crippen LogP contribution in [0.1, 0.15) is 11.6 Å². The third kappa shape index (κ3) is 3.54. The number of aliphatic hydroxyl groups is 1. The van der Waals surface area contributed by atoms with Crippen molar-refractivity contribution in [3.05, 3.63) is 35.9 Å². The molecule has 6 nitrogen and oxygen atoms in total. The van der Waals surface area contributed by atoms with Gasteiger partial charge in [-0.1, -0.05) is 30.3 Å². The van der Waals surface area contributed by atoms with Gasteiger partial charge < -0.3 is 21.3 Å². The van der Waals surface area contributed by atoms with Crippen LogP contribution in [0.2, 0.25) is 0 Å². The number of amides is 1. The van der Waals surface area contributed by atoms with E-state index in [2.05, 4.69) is 5.32 Å². The van der Waals surface area contributed by atoms with Gasteiger partial charge in [-0.3, -0.25) is 4.79 Å². The molecule has 6 heteroatoms. The van der Waals surface area contributed by atoms with Gasteiger partial charge in [0.05, 0.1) is 6.61 Å². The van der Waals surface area contributed by atoms with Gasteiger partial charge in [0.2, 0.25) is 5.91 Å². The molecule has 0 spiro atoms. The molecule has 0 saturated heterocycles. The second-order valence-electron chi connectivity index (χ2n) is 3.47. The van der Waals surface area contributed by atoms with E-state index in [1.54, 1.807) is 30.3 Å².